The van der Waals surface area contributed by atoms with Crippen LogP contribution in [-0.4, -0.2) is 26.8 Å². The van der Waals surface area contributed by atoms with Crippen LogP contribution in [-0.2, 0) is 21.5 Å². The summed E-state index contributed by atoms with van der Waals surface area (Å²) in [6.45, 7) is 7.12. The Balaban J connectivity index is 2.05. The van der Waals surface area contributed by atoms with Crippen molar-refractivity contribution in [2.24, 2.45) is 0 Å². The SMILES string of the molecule is Cc1ccc(CC(=O)Nc2ccn(C(C)(C)C(=O)O)n2)cc1C. The lowest BCUT2D eigenvalue weighted by Crippen LogP contribution is -2.36. The van der Waals surface area contributed by atoms with Crippen LogP contribution < -0.4 is 5.32 Å². The van der Waals surface area contributed by atoms with Gasteiger partial charge in [-0.05, 0) is 44.4 Å². The molecule has 0 aliphatic heterocycles. The number of nitrogens with one attached hydrogen (secondary N) is 1. The molecule has 1 aromatic carbocycles. The molecule has 0 radical (unpaired) electrons. The molecule has 0 spiro atoms. The van der Waals surface area contributed by atoms with Crippen molar-refractivity contribution in [3.63, 3.8) is 0 Å². The van der Waals surface area contributed by atoms with Crippen LogP contribution >= 0.6 is 0 Å². The van der Waals surface area contributed by atoms with Crippen molar-refractivity contribution in [3.05, 3.63) is 47.2 Å². The van der Waals surface area contributed by atoms with Gasteiger partial charge in [0, 0.05) is 12.3 Å². The van der Waals surface area contributed by atoms with Gasteiger partial charge >= 0.3 is 5.97 Å². The molecule has 6 nitrogen and oxygen atoms in total. The summed E-state index contributed by atoms with van der Waals surface area (Å²) in [5.41, 5.74) is 2.08. The number of benzene rings is 1. The van der Waals surface area contributed by atoms with Crippen LogP contribution in [0, 0.1) is 13.8 Å². The van der Waals surface area contributed by atoms with Crippen molar-refractivity contribution >= 4 is 17.7 Å². The molecule has 23 heavy (non-hydrogen) atoms. The van der Waals surface area contributed by atoms with Crippen molar-refractivity contribution < 1.29 is 14.7 Å². The van der Waals surface area contributed by atoms with E-state index in [0.717, 1.165) is 11.1 Å². The van der Waals surface area contributed by atoms with Gasteiger partial charge in [0.15, 0.2) is 11.4 Å². The van der Waals surface area contributed by atoms with Gasteiger partial charge in [-0.3, -0.25) is 9.48 Å². The Morgan fingerprint density at radius 3 is 2.52 bits per heavy atom. The minimum Gasteiger partial charge on any atom is -0.479 e. The van der Waals surface area contributed by atoms with Crippen LogP contribution in [0.5, 0.6) is 0 Å². The van der Waals surface area contributed by atoms with E-state index in [1.165, 1.54) is 10.2 Å². The molecule has 122 valence electrons. The molecule has 6 heteroatoms. The summed E-state index contributed by atoms with van der Waals surface area (Å²) in [5, 5.41) is 16.0. The molecule has 0 unspecified atom stereocenters. The van der Waals surface area contributed by atoms with E-state index >= 15 is 0 Å². The molecular formula is C17H21N3O3. The van der Waals surface area contributed by atoms with E-state index in [1.54, 1.807) is 26.1 Å². The van der Waals surface area contributed by atoms with E-state index in [-0.39, 0.29) is 12.3 Å². The molecule has 0 aliphatic carbocycles. The smallest absolute Gasteiger partial charge is 0.331 e. The van der Waals surface area contributed by atoms with Crippen LogP contribution in [0.1, 0.15) is 30.5 Å². The lowest BCUT2D eigenvalue weighted by atomic mass is 10.0. The number of aryl methyl sites for hydroxylation is 2. The first-order chi connectivity index (χ1) is 10.7. The van der Waals surface area contributed by atoms with Gasteiger partial charge in [0.05, 0.1) is 6.42 Å². The normalized spacial score (nSPS) is 11.3. The van der Waals surface area contributed by atoms with Gasteiger partial charge in [0.2, 0.25) is 5.91 Å². The van der Waals surface area contributed by atoms with Gasteiger partial charge < -0.3 is 10.4 Å². The number of aromatic nitrogens is 2. The van der Waals surface area contributed by atoms with Crippen LogP contribution in [0.15, 0.2) is 30.5 Å². The van der Waals surface area contributed by atoms with Gasteiger partial charge in [0.1, 0.15) is 0 Å². The number of hydrogen-bond acceptors (Lipinski definition) is 3. The maximum absolute atomic E-state index is 12.1. The van der Waals surface area contributed by atoms with Crippen LogP contribution in [0.4, 0.5) is 5.82 Å². The third-order valence-corrected chi connectivity index (χ3v) is 3.89. The predicted molar refractivity (Wildman–Crippen MR) is 87.4 cm³/mol. The molecule has 0 atom stereocenters. The van der Waals surface area contributed by atoms with Gasteiger partial charge in [-0.2, -0.15) is 5.10 Å². The zero-order chi connectivity index (χ0) is 17.2. The third kappa shape index (κ3) is 3.77. The maximum atomic E-state index is 12.1. The van der Waals surface area contributed by atoms with Crippen molar-refractivity contribution in [3.8, 4) is 0 Å². The summed E-state index contributed by atoms with van der Waals surface area (Å²) in [7, 11) is 0. The first-order valence-corrected chi connectivity index (χ1v) is 7.35. The predicted octanol–water partition coefficient (Wildman–Crippen LogP) is 2.50. The lowest BCUT2D eigenvalue weighted by Gasteiger charge is -2.19. The molecule has 0 bridgehead atoms. The Kier molecular flexibility index (Phi) is 4.54. The van der Waals surface area contributed by atoms with Gasteiger partial charge in [0.25, 0.3) is 0 Å². The van der Waals surface area contributed by atoms with Gasteiger partial charge in [-0.15, -0.1) is 0 Å². The van der Waals surface area contributed by atoms with Crippen molar-refractivity contribution in [1.82, 2.24) is 9.78 Å². The largest absolute Gasteiger partial charge is 0.479 e. The van der Waals surface area contributed by atoms with E-state index in [4.69, 9.17) is 0 Å². The number of hydrogen-bond donors (Lipinski definition) is 2. The summed E-state index contributed by atoms with van der Waals surface area (Å²) in [5.74, 6) is -0.839. The molecule has 1 aromatic heterocycles. The molecular weight excluding hydrogens is 294 g/mol. The van der Waals surface area contributed by atoms with Crippen LogP contribution in [0.2, 0.25) is 0 Å². The Hall–Kier alpha value is -2.63. The van der Waals surface area contributed by atoms with E-state index in [2.05, 4.69) is 10.4 Å². The highest BCUT2D eigenvalue weighted by molar-refractivity contribution is 5.91. The van der Waals surface area contributed by atoms with Crippen molar-refractivity contribution in [1.29, 1.82) is 0 Å². The van der Waals surface area contributed by atoms with E-state index in [0.29, 0.717) is 5.82 Å². The van der Waals surface area contributed by atoms with Crippen LogP contribution in [0.3, 0.4) is 0 Å². The maximum Gasteiger partial charge on any atom is 0.331 e. The summed E-state index contributed by atoms with van der Waals surface area (Å²) in [6, 6.07) is 7.49. The highest BCUT2D eigenvalue weighted by atomic mass is 16.4. The fraction of sp³-hybridized carbons (Fsp3) is 0.353. The molecule has 2 aromatic rings. The molecule has 0 aliphatic rings. The lowest BCUT2D eigenvalue weighted by molar-refractivity contribution is -0.146. The molecule has 2 rings (SSSR count). The zero-order valence-electron chi connectivity index (χ0n) is 13.8. The fourth-order valence-electron chi connectivity index (χ4n) is 2.09. The average Bonchev–Trinajstić information content (AvgIpc) is 2.91. The van der Waals surface area contributed by atoms with E-state index in [1.807, 2.05) is 32.0 Å². The number of rotatable bonds is 5. The summed E-state index contributed by atoms with van der Waals surface area (Å²) < 4.78 is 1.32. The van der Waals surface area contributed by atoms with Crippen molar-refractivity contribution in [2.45, 2.75) is 39.7 Å². The minimum atomic E-state index is -1.17. The van der Waals surface area contributed by atoms with Crippen molar-refractivity contribution in [2.75, 3.05) is 5.32 Å². The molecule has 0 fully saturated rings. The molecule has 0 saturated heterocycles. The second-order valence-corrected chi connectivity index (χ2v) is 6.15. The highest BCUT2D eigenvalue weighted by Gasteiger charge is 2.30. The Morgan fingerprint density at radius 1 is 1.22 bits per heavy atom. The molecule has 2 N–H and O–H groups in total. The summed E-state index contributed by atoms with van der Waals surface area (Å²) in [6.07, 6.45) is 1.79. The second kappa shape index (κ2) is 6.24. The standard InChI is InChI=1S/C17H21N3O3/c1-11-5-6-13(9-12(11)2)10-15(21)18-14-7-8-20(19-14)17(3,4)16(22)23/h5-9H,10H2,1-4H3,(H,22,23)(H,18,19,21). The number of carboxylic acids is 1. The Labute approximate surface area is 135 Å². The number of carbonyl (C=O) groups excluding carboxylic acids is 1. The van der Waals surface area contributed by atoms with E-state index < -0.39 is 11.5 Å². The number of amides is 1. The summed E-state index contributed by atoms with van der Waals surface area (Å²) >= 11 is 0. The first-order valence-electron chi connectivity index (χ1n) is 7.35. The zero-order valence-corrected chi connectivity index (χ0v) is 13.8. The third-order valence-electron chi connectivity index (χ3n) is 3.89. The molecule has 1 heterocycles. The quantitative estimate of drug-likeness (QED) is 0.888. The van der Waals surface area contributed by atoms with Gasteiger partial charge in [-0.1, -0.05) is 18.2 Å². The van der Waals surface area contributed by atoms with Crippen LogP contribution in [0.25, 0.3) is 0 Å². The number of nitrogens with zero attached hydrogens (tertiary/aromatic N) is 2. The van der Waals surface area contributed by atoms with Gasteiger partial charge in [-0.25, -0.2) is 4.79 Å². The highest BCUT2D eigenvalue weighted by Crippen LogP contribution is 2.17. The fourth-order valence-corrected chi connectivity index (χ4v) is 2.09. The summed E-state index contributed by atoms with van der Waals surface area (Å²) in [4.78, 5) is 23.3. The second-order valence-electron chi connectivity index (χ2n) is 6.15. The number of carbonyl (C=O) groups is 2. The Bertz CT molecular complexity index is 747. The Morgan fingerprint density at radius 2 is 1.91 bits per heavy atom. The number of carboxylic acid groups (broad SMARTS) is 1. The number of aliphatic carboxylic acids is 1. The average molecular weight is 315 g/mol. The molecule has 1 amide bonds. The van der Waals surface area contributed by atoms with E-state index in [9.17, 15) is 14.7 Å². The minimum absolute atomic E-state index is 0.188. The molecule has 0 saturated carbocycles. The first kappa shape index (κ1) is 16.7. The number of anilines is 1. The monoisotopic (exact) mass is 315 g/mol. The topological polar surface area (TPSA) is 84.2 Å².